The molecule has 2 rings (SSSR count). The van der Waals surface area contributed by atoms with E-state index in [0.29, 0.717) is 18.3 Å². The number of amides is 1. The number of carbonyl (C=O) groups excluding carboxylic acids is 1. The zero-order valence-corrected chi connectivity index (χ0v) is 13.9. The van der Waals surface area contributed by atoms with Crippen molar-refractivity contribution in [3.05, 3.63) is 23.4 Å². The van der Waals surface area contributed by atoms with Gasteiger partial charge in [-0.1, -0.05) is 32.0 Å². The summed E-state index contributed by atoms with van der Waals surface area (Å²) in [6.45, 7) is 10.0. The van der Waals surface area contributed by atoms with Gasteiger partial charge >= 0.3 is 0 Å². The first-order valence-electron chi connectivity index (χ1n) is 6.96. The van der Waals surface area contributed by atoms with E-state index in [0.717, 1.165) is 4.88 Å². The van der Waals surface area contributed by atoms with Gasteiger partial charge in [0.1, 0.15) is 6.54 Å². The predicted octanol–water partition coefficient (Wildman–Crippen LogP) is 3.58. The highest BCUT2D eigenvalue weighted by Crippen LogP contribution is 2.24. The summed E-state index contributed by atoms with van der Waals surface area (Å²) in [6.07, 6.45) is 0. The molecule has 0 spiro atoms. The summed E-state index contributed by atoms with van der Waals surface area (Å²) in [4.78, 5) is 19.6. The Morgan fingerprint density at radius 2 is 2.14 bits per heavy atom. The van der Waals surface area contributed by atoms with Crippen molar-refractivity contribution in [3.63, 3.8) is 0 Å². The molecule has 0 atom stereocenters. The van der Waals surface area contributed by atoms with Gasteiger partial charge in [0.2, 0.25) is 17.6 Å². The van der Waals surface area contributed by atoms with Crippen molar-refractivity contribution in [2.75, 3.05) is 0 Å². The molecule has 21 heavy (non-hydrogen) atoms. The topological polar surface area (TPSA) is 59.2 Å². The highest BCUT2D eigenvalue weighted by molar-refractivity contribution is 7.13. The minimum absolute atomic E-state index is 0.0772. The molecule has 1 amide bonds. The molecule has 2 heterocycles. The third kappa shape index (κ3) is 3.69. The second kappa shape index (κ2) is 5.97. The van der Waals surface area contributed by atoms with Gasteiger partial charge in [0, 0.05) is 11.5 Å². The van der Waals surface area contributed by atoms with Crippen LogP contribution in [0.5, 0.6) is 0 Å². The molecule has 0 aliphatic rings. The molecule has 0 bridgehead atoms. The van der Waals surface area contributed by atoms with Crippen molar-refractivity contribution in [2.24, 2.45) is 5.41 Å². The van der Waals surface area contributed by atoms with Crippen molar-refractivity contribution in [1.82, 2.24) is 15.0 Å². The molecule has 0 unspecified atom stereocenters. The lowest BCUT2D eigenvalue weighted by molar-refractivity contribution is -0.142. The van der Waals surface area contributed by atoms with Crippen LogP contribution in [0.3, 0.4) is 0 Å². The van der Waals surface area contributed by atoms with E-state index in [4.69, 9.17) is 4.52 Å². The number of thiophene rings is 1. The van der Waals surface area contributed by atoms with Gasteiger partial charge in [-0.2, -0.15) is 4.98 Å². The highest BCUT2D eigenvalue weighted by Gasteiger charge is 2.30. The molecule has 0 saturated carbocycles. The second-order valence-corrected chi connectivity index (χ2v) is 7.21. The zero-order chi connectivity index (χ0) is 15.6. The Morgan fingerprint density at radius 1 is 1.43 bits per heavy atom. The zero-order valence-electron chi connectivity index (χ0n) is 13.1. The van der Waals surface area contributed by atoms with Crippen LogP contribution < -0.4 is 0 Å². The third-order valence-corrected chi connectivity index (χ3v) is 3.91. The Hall–Kier alpha value is -1.69. The van der Waals surface area contributed by atoms with E-state index in [1.165, 1.54) is 0 Å². The van der Waals surface area contributed by atoms with E-state index in [9.17, 15) is 4.79 Å². The number of carbonyl (C=O) groups is 1. The SMILES string of the molecule is CC(C)N(Cc1nc(-c2cccs2)no1)C(=O)C(C)(C)C. The molecule has 0 aliphatic heterocycles. The summed E-state index contributed by atoms with van der Waals surface area (Å²) < 4.78 is 5.28. The van der Waals surface area contributed by atoms with E-state index < -0.39 is 5.41 Å². The van der Waals surface area contributed by atoms with Crippen LogP contribution in [-0.4, -0.2) is 27.0 Å². The lowest BCUT2D eigenvalue weighted by Gasteiger charge is -2.31. The van der Waals surface area contributed by atoms with Crippen LogP contribution in [0.25, 0.3) is 10.7 Å². The molecule has 0 fully saturated rings. The van der Waals surface area contributed by atoms with Crippen molar-refractivity contribution in [1.29, 1.82) is 0 Å². The van der Waals surface area contributed by atoms with Gasteiger partial charge in [-0.05, 0) is 25.3 Å². The molecule has 0 saturated heterocycles. The monoisotopic (exact) mass is 307 g/mol. The smallest absolute Gasteiger partial charge is 0.246 e. The van der Waals surface area contributed by atoms with E-state index in [2.05, 4.69) is 10.1 Å². The van der Waals surface area contributed by atoms with Gasteiger partial charge in [-0.15, -0.1) is 11.3 Å². The molecule has 0 aromatic carbocycles. The Bertz CT molecular complexity index is 597. The lowest BCUT2D eigenvalue weighted by Crippen LogP contribution is -2.43. The first-order chi connectivity index (χ1) is 9.79. The summed E-state index contributed by atoms with van der Waals surface area (Å²) in [6, 6.07) is 3.97. The molecule has 6 heteroatoms. The van der Waals surface area contributed by atoms with E-state index in [1.54, 1.807) is 16.2 Å². The predicted molar refractivity (Wildman–Crippen MR) is 82.8 cm³/mol. The van der Waals surface area contributed by atoms with Gasteiger partial charge in [-0.3, -0.25) is 4.79 Å². The Morgan fingerprint density at radius 3 is 2.67 bits per heavy atom. The number of rotatable bonds is 4. The van der Waals surface area contributed by atoms with Crippen molar-refractivity contribution in [3.8, 4) is 10.7 Å². The summed E-state index contributed by atoms with van der Waals surface area (Å²) in [5.41, 5.74) is -0.430. The first kappa shape index (κ1) is 15.7. The summed E-state index contributed by atoms with van der Waals surface area (Å²) in [5, 5.41) is 5.95. The van der Waals surface area contributed by atoms with Crippen LogP contribution in [0.4, 0.5) is 0 Å². The van der Waals surface area contributed by atoms with Gasteiger partial charge in [0.05, 0.1) is 4.88 Å². The minimum atomic E-state index is -0.430. The van der Waals surface area contributed by atoms with E-state index in [-0.39, 0.29) is 11.9 Å². The Labute approximate surface area is 129 Å². The normalized spacial score (nSPS) is 11.9. The lowest BCUT2D eigenvalue weighted by atomic mass is 9.94. The quantitative estimate of drug-likeness (QED) is 0.866. The van der Waals surface area contributed by atoms with Gasteiger partial charge in [0.25, 0.3) is 0 Å². The number of hydrogen-bond acceptors (Lipinski definition) is 5. The molecule has 5 nitrogen and oxygen atoms in total. The standard InChI is InChI=1S/C15H21N3O2S/c1-10(2)18(14(19)15(3,4)5)9-12-16-13(17-20-12)11-7-6-8-21-11/h6-8,10H,9H2,1-5H3. The fraction of sp³-hybridized carbons (Fsp3) is 0.533. The van der Waals surface area contributed by atoms with Crippen molar-refractivity contribution < 1.29 is 9.32 Å². The third-order valence-electron chi connectivity index (χ3n) is 3.04. The second-order valence-electron chi connectivity index (χ2n) is 6.27. The molecule has 114 valence electrons. The molecular weight excluding hydrogens is 286 g/mol. The molecule has 2 aromatic heterocycles. The van der Waals surface area contributed by atoms with Gasteiger partial charge < -0.3 is 9.42 Å². The maximum Gasteiger partial charge on any atom is 0.246 e. The van der Waals surface area contributed by atoms with Gasteiger partial charge in [0.15, 0.2) is 0 Å². The summed E-state index contributed by atoms with van der Waals surface area (Å²) in [7, 11) is 0. The number of hydrogen-bond donors (Lipinski definition) is 0. The van der Waals surface area contributed by atoms with Crippen molar-refractivity contribution in [2.45, 2.75) is 47.2 Å². The average Bonchev–Trinajstić information content (AvgIpc) is 3.04. The van der Waals surface area contributed by atoms with Crippen LogP contribution >= 0.6 is 11.3 Å². The maximum absolute atomic E-state index is 12.5. The van der Waals surface area contributed by atoms with Crippen LogP contribution in [0.2, 0.25) is 0 Å². The first-order valence-corrected chi connectivity index (χ1v) is 7.84. The average molecular weight is 307 g/mol. The minimum Gasteiger partial charge on any atom is -0.337 e. The maximum atomic E-state index is 12.5. The number of nitrogens with zero attached hydrogens (tertiary/aromatic N) is 3. The Kier molecular flexibility index (Phi) is 4.46. The fourth-order valence-electron chi connectivity index (χ4n) is 1.89. The van der Waals surface area contributed by atoms with Crippen LogP contribution in [-0.2, 0) is 11.3 Å². The summed E-state index contributed by atoms with van der Waals surface area (Å²) >= 11 is 1.56. The van der Waals surface area contributed by atoms with Crippen LogP contribution in [0, 0.1) is 5.41 Å². The van der Waals surface area contributed by atoms with Gasteiger partial charge in [-0.25, -0.2) is 0 Å². The molecule has 2 aromatic rings. The number of aromatic nitrogens is 2. The molecule has 0 radical (unpaired) electrons. The summed E-state index contributed by atoms with van der Waals surface area (Å²) in [5.74, 6) is 1.12. The molecule has 0 N–H and O–H groups in total. The van der Waals surface area contributed by atoms with Crippen molar-refractivity contribution >= 4 is 17.2 Å². The molecule has 0 aliphatic carbocycles. The van der Waals surface area contributed by atoms with Crippen LogP contribution in [0.15, 0.2) is 22.0 Å². The van der Waals surface area contributed by atoms with Crippen LogP contribution in [0.1, 0.15) is 40.5 Å². The molecular formula is C15H21N3O2S. The Balaban J connectivity index is 2.17. The largest absolute Gasteiger partial charge is 0.337 e. The fourth-order valence-corrected chi connectivity index (χ4v) is 2.54. The highest BCUT2D eigenvalue weighted by atomic mass is 32.1. The van der Waals surface area contributed by atoms with E-state index in [1.807, 2.05) is 52.1 Å². The van der Waals surface area contributed by atoms with E-state index >= 15 is 0 Å².